The van der Waals surface area contributed by atoms with Crippen molar-refractivity contribution in [2.75, 3.05) is 71.3 Å². The monoisotopic (exact) mass is 800 g/mol. The Bertz CT molecular complexity index is 1400. The third kappa shape index (κ3) is 10.9. The second kappa shape index (κ2) is 21.3. The number of aliphatic hydroxyl groups is 9. The van der Waals surface area contributed by atoms with Crippen molar-refractivity contribution >= 4 is 11.6 Å². The first kappa shape index (κ1) is 45.2. The van der Waals surface area contributed by atoms with Crippen LogP contribution in [0.2, 0.25) is 0 Å². The van der Waals surface area contributed by atoms with Gasteiger partial charge in [0.25, 0.3) is 10.9 Å². The van der Waals surface area contributed by atoms with Gasteiger partial charge >= 0.3 is 0 Å². The summed E-state index contributed by atoms with van der Waals surface area (Å²) in [5.41, 5.74) is -1.22. The molecule has 4 rings (SSSR count). The van der Waals surface area contributed by atoms with Crippen molar-refractivity contribution in [3.63, 3.8) is 0 Å². The third-order valence-electron chi connectivity index (χ3n) is 9.06. The summed E-state index contributed by atoms with van der Waals surface area (Å²) in [5.74, 6) is -0.598. The lowest BCUT2D eigenvalue weighted by Gasteiger charge is -2.48. The van der Waals surface area contributed by atoms with Crippen LogP contribution < -0.4 is 26.2 Å². The molecule has 1 aromatic rings. The highest BCUT2D eigenvalue weighted by Gasteiger charge is 2.54. The highest BCUT2D eigenvalue weighted by atomic mass is 16.8. The molecule has 3 aliphatic rings. The molecule has 3 saturated heterocycles. The van der Waals surface area contributed by atoms with E-state index in [1.165, 1.54) is 0 Å². The first-order valence-corrected chi connectivity index (χ1v) is 17.7. The van der Waals surface area contributed by atoms with E-state index in [9.17, 15) is 60.3 Å². The molecule has 23 nitrogen and oxygen atoms in total. The van der Waals surface area contributed by atoms with Gasteiger partial charge in [-0.3, -0.25) is 14.4 Å². The van der Waals surface area contributed by atoms with Crippen molar-refractivity contribution in [2.45, 2.75) is 106 Å². The molecule has 0 unspecified atom stereocenters. The Labute approximate surface area is 313 Å². The number of aliphatic hydroxyl groups excluding tert-OH is 9. The van der Waals surface area contributed by atoms with Crippen LogP contribution in [0.4, 0.5) is 5.69 Å². The van der Waals surface area contributed by atoms with Gasteiger partial charge in [0, 0.05) is 13.5 Å². The van der Waals surface area contributed by atoms with Gasteiger partial charge in [0.15, 0.2) is 24.6 Å². The fourth-order valence-corrected chi connectivity index (χ4v) is 6.19. The maximum Gasteiger partial charge on any atom is 0.272 e. The molecule has 23 heteroatoms. The first-order chi connectivity index (χ1) is 26.3. The predicted molar refractivity (Wildman–Crippen MR) is 179 cm³/mol. The molecule has 3 aliphatic heterocycles. The van der Waals surface area contributed by atoms with E-state index in [4.69, 9.17) is 42.6 Å². The zero-order chi connectivity index (χ0) is 40.4. The Morgan fingerprint density at radius 3 is 1.84 bits per heavy atom. The Hall–Kier alpha value is -2.53. The predicted octanol–water partition coefficient (Wildman–Crippen LogP) is -7.26. The lowest BCUT2D eigenvalue weighted by Crippen LogP contribution is -2.68. The van der Waals surface area contributed by atoms with Crippen molar-refractivity contribution in [3.05, 3.63) is 20.4 Å². The Morgan fingerprint density at radius 2 is 1.22 bits per heavy atom. The van der Waals surface area contributed by atoms with Crippen molar-refractivity contribution in [2.24, 2.45) is 0 Å². The van der Waals surface area contributed by atoms with Gasteiger partial charge < -0.3 is 99.2 Å². The molecule has 3 heterocycles. The Kier molecular flexibility index (Phi) is 17.5. The summed E-state index contributed by atoms with van der Waals surface area (Å²) < 4.78 is 49.8. The average Bonchev–Trinajstić information content (AvgIpc) is 3.17. The minimum Gasteiger partial charge on any atom is -0.488 e. The topological polar surface area (TPSA) is 340 Å². The molecule has 0 aromatic heterocycles. The van der Waals surface area contributed by atoms with E-state index >= 15 is 0 Å². The van der Waals surface area contributed by atoms with E-state index in [0.717, 1.165) is 6.92 Å². The average molecular weight is 801 g/mol. The summed E-state index contributed by atoms with van der Waals surface area (Å²) in [4.78, 5) is 35.3. The summed E-state index contributed by atoms with van der Waals surface area (Å²) in [7, 11) is 0. The SMILES string of the molecule is CCOc1c(NCCOCCOCCO[C@@H]2O[C@H](CO)[C@@H](O[C@@H]3O[C@H](CO)[C@H](O)[C@H](O[C@H]4O[C@H](CO)[C@H](O)[C@H](O)[C@H]4O)[C@H]3O)[C@H](O)[C@H]2NC(C)=O)c(=O)c1=O. The van der Waals surface area contributed by atoms with Crippen LogP contribution in [0.15, 0.2) is 9.59 Å². The largest absolute Gasteiger partial charge is 0.488 e. The molecule has 11 N–H and O–H groups in total. The standard InChI is InChI=1S/C32H52N2O21/c1-3-49-28-17(21(41)24(28)44)33-4-5-47-6-7-48-8-9-50-30-18(34-13(2)38)22(42)27(16(12-37)53-30)54-32-26(46)29(20(40)15(11-36)52-32)55-31-25(45)23(43)19(39)14(10-35)51-31/h14-16,18-20,22-23,25-27,29-33,35-37,39-40,42-43,45-46H,3-12H2,1-2H3,(H,34,38)/t14-,15-,16-,18-,19+,20+,22-,23+,25-,26-,27-,29+,30-,31-,32+/m1/s1. The number of hydrogen-bond acceptors (Lipinski definition) is 22. The molecule has 1 aromatic carbocycles. The highest BCUT2D eigenvalue weighted by molar-refractivity contribution is 5.73. The van der Waals surface area contributed by atoms with Crippen LogP contribution in [0.5, 0.6) is 5.75 Å². The van der Waals surface area contributed by atoms with Crippen molar-refractivity contribution in [1.29, 1.82) is 0 Å². The quantitative estimate of drug-likeness (QED) is 0.0406. The van der Waals surface area contributed by atoms with Crippen molar-refractivity contribution < 1.29 is 93.4 Å². The van der Waals surface area contributed by atoms with Gasteiger partial charge in [-0.1, -0.05) is 0 Å². The number of carbonyl (C=O) groups excluding carboxylic acids is 1. The van der Waals surface area contributed by atoms with Crippen LogP contribution in [0.25, 0.3) is 0 Å². The van der Waals surface area contributed by atoms with E-state index in [1.54, 1.807) is 6.92 Å². The summed E-state index contributed by atoms with van der Waals surface area (Å²) in [6.07, 6.45) is -23.4. The third-order valence-corrected chi connectivity index (χ3v) is 9.06. The van der Waals surface area contributed by atoms with Crippen molar-refractivity contribution in [3.8, 4) is 5.75 Å². The lowest BCUT2D eigenvalue weighted by atomic mass is 9.95. The molecule has 316 valence electrons. The normalized spacial score (nSPS) is 36.8. The maximum atomic E-state index is 12.1. The number of hydrogen-bond donors (Lipinski definition) is 11. The maximum absolute atomic E-state index is 12.1. The van der Waals surface area contributed by atoms with E-state index in [2.05, 4.69) is 10.6 Å². The van der Waals surface area contributed by atoms with Gasteiger partial charge in [-0.25, -0.2) is 0 Å². The molecule has 0 bridgehead atoms. The minimum atomic E-state index is -1.95. The van der Waals surface area contributed by atoms with Gasteiger partial charge in [0.2, 0.25) is 5.91 Å². The van der Waals surface area contributed by atoms with Gasteiger partial charge in [-0.15, -0.1) is 0 Å². The number of carbonyl (C=O) groups is 1. The van der Waals surface area contributed by atoms with E-state index in [1.807, 2.05) is 0 Å². The smallest absolute Gasteiger partial charge is 0.272 e. The number of rotatable bonds is 21. The van der Waals surface area contributed by atoms with Crippen LogP contribution in [0.1, 0.15) is 13.8 Å². The van der Waals surface area contributed by atoms with E-state index < -0.39 is 129 Å². The number of nitrogens with one attached hydrogen (secondary N) is 2. The minimum absolute atomic E-state index is 0.00431. The number of anilines is 1. The molecular weight excluding hydrogens is 748 g/mol. The molecule has 0 spiro atoms. The fraction of sp³-hybridized carbons (Fsp3) is 0.844. The highest BCUT2D eigenvalue weighted by Crippen LogP contribution is 2.33. The van der Waals surface area contributed by atoms with Crippen molar-refractivity contribution in [1.82, 2.24) is 5.32 Å². The molecule has 3 fully saturated rings. The lowest BCUT2D eigenvalue weighted by molar-refractivity contribution is -0.376. The summed E-state index contributed by atoms with van der Waals surface area (Å²) in [5, 5.41) is 98.9. The Morgan fingerprint density at radius 1 is 0.655 bits per heavy atom. The molecule has 0 saturated carbocycles. The van der Waals surface area contributed by atoms with E-state index in [0.29, 0.717) is 0 Å². The zero-order valence-corrected chi connectivity index (χ0v) is 30.2. The number of amides is 1. The van der Waals surface area contributed by atoms with Gasteiger partial charge in [-0.2, -0.15) is 0 Å². The molecule has 0 radical (unpaired) electrons. The van der Waals surface area contributed by atoms with Crippen LogP contribution in [-0.2, 0) is 42.7 Å². The zero-order valence-electron chi connectivity index (χ0n) is 30.2. The van der Waals surface area contributed by atoms with Gasteiger partial charge in [0.1, 0.15) is 78.9 Å². The molecule has 15 atom stereocenters. The van der Waals surface area contributed by atoms with Gasteiger partial charge in [0.05, 0.1) is 59.5 Å². The summed E-state index contributed by atoms with van der Waals surface area (Å²) in [6.45, 7) is 1.34. The fourth-order valence-electron chi connectivity index (χ4n) is 6.19. The molecular formula is C32H52N2O21. The molecule has 1 amide bonds. The van der Waals surface area contributed by atoms with E-state index in [-0.39, 0.29) is 57.6 Å². The Balaban J connectivity index is 1.29. The second-order valence-corrected chi connectivity index (χ2v) is 12.9. The van der Waals surface area contributed by atoms with Crippen LogP contribution in [-0.4, -0.2) is 210 Å². The molecule has 0 aliphatic carbocycles. The first-order valence-electron chi connectivity index (χ1n) is 17.7. The number of ether oxygens (including phenoxy) is 9. The van der Waals surface area contributed by atoms with Crippen LogP contribution >= 0.6 is 0 Å². The summed E-state index contributed by atoms with van der Waals surface area (Å²) in [6, 6.07) is -1.31. The second-order valence-electron chi connectivity index (χ2n) is 12.9. The molecule has 55 heavy (non-hydrogen) atoms. The summed E-state index contributed by atoms with van der Waals surface area (Å²) >= 11 is 0. The van der Waals surface area contributed by atoms with Crippen LogP contribution in [0, 0.1) is 0 Å². The van der Waals surface area contributed by atoms with Crippen LogP contribution in [0.3, 0.4) is 0 Å². The van der Waals surface area contributed by atoms with Gasteiger partial charge in [-0.05, 0) is 6.92 Å².